The first-order chi connectivity index (χ1) is 10.9. The molecule has 1 aliphatic heterocycles. The van der Waals surface area contributed by atoms with Crippen LogP contribution >= 0.6 is 24.0 Å². The van der Waals surface area contributed by atoms with Gasteiger partial charge in [0, 0.05) is 27.2 Å². The zero-order valence-electron chi connectivity index (χ0n) is 14.8. The Kier molecular flexibility index (Phi) is 16.6. The Hall–Kier alpha value is -0.120. The van der Waals surface area contributed by atoms with Gasteiger partial charge in [0.1, 0.15) is 0 Å². The third-order valence-corrected chi connectivity index (χ3v) is 3.84. The molecule has 2 N–H and O–H groups in total. The molecule has 0 aliphatic carbocycles. The number of likely N-dealkylation sites (tertiary alicyclic amines) is 1. The minimum absolute atomic E-state index is 0. The van der Waals surface area contributed by atoms with E-state index in [1.807, 2.05) is 0 Å². The average molecular weight is 442 g/mol. The van der Waals surface area contributed by atoms with Gasteiger partial charge in [-0.15, -0.1) is 24.0 Å². The Balaban J connectivity index is 0.00000484. The molecule has 0 unspecified atom stereocenters. The summed E-state index contributed by atoms with van der Waals surface area (Å²) in [5.41, 5.74) is 0. The van der Waals surface area contributed by atoms with E-state index in [4.69, 9.17) is 9.47 Å². The molecule has 0 aromatic rings. The van der Waals surface area contributed by atoms with E-state index in [2.05, 4.69) is 20.5 Å². The minimum Gasteiger partial charge on any atom is -0.382 e. The van der Waals surface area contributed by atoms with Crippen molar-refractivity contribution in [2.75, 3.05) is 66.7 Å². The van der Waals surface area contributed by atoms with Crippen molar-refractivity contribution in [1.29, 1.82) is 0 Å². The van der Waals surface area contributed by atoms with Crippen LogP contribution in [0.2, 0.25) is 0 Å². The predicted molar refractivity (Wildman–Crippen MR) is 107 cm³/mol. The first-order valence-electron chi connectivity index (χ1n) is 8.60. The summed E-state index contributed by atoms with van der Waals surface area (Å²) in [5, 5.41) is 6.61. The fraction of sp³-hybridized carbons (Fsp3) is 0.938. The Morgan fingerprint density at radius 2 is 1.70 bits per heavy atom. The first kappa shape index (κ1) is 22.9. The highest BCUT2D eigenvalue weighted by Gasteiger charge is 2.08. The SMILES string of the molecule is CN=C(NCCCN1CCCCCC1)NCCOCCOC.I. The van der Waals surface area contributed by atoms with E-state index < -0.39 is 0 Å². The lowest BCUT2D eigenvalue weighted by atomic mass is 10.2. The van der Waals surface area contributed by atoms with Gasteiger partial charge in [-0.3, -0.25) is 4.99 Å². The molecule has 6 nitrogen and oxygen atoms in total. The van der Waals surface area contributed by atoms with Crippen molar-refractivity contribution in [3.8, 4) is 0 Å². The molecule has 0 bridgehead atoms. The number of methoxy groups -OCH3 is 1. The third kappa shape index (κ3) is 12.9. The molecule has 0 saturated carbocycles. The van der Waals surface area contributed by atoms with Gasteiger partial charge in [-0.05, 0) is 38.9 Å². The van der Waals surface area contributed by atoms with Gasteiger partial charge in [0.2, 0.25) is 0 Å². The van der Waals surface area contributed by atoms with E-state index in [9.17, 15) is 0 Å². The molecule has 0 spiro atoms. The lowest BCUT2D eigenvalue weighted by Crippen LogP contribution is -2.40. The second-order valence-electron chi connectivity index (χ2n) is 5.64. The highest BCUT2D eigenvalue weighted by atomic mass is 127. The van der Waals surface area contributed by atoms with Crippen LogP contribution in [0.1, 0.15) is 32.1 Å². The third-order valence-electron chi connectivity index (χ3n) is 3.84. The Bertz CT molecular complexity index is 285. The van der Waals surface area contributed by atoms with Crippen LogP contribution in [-0.4, -0.2) is 77.6 Å². The fourth-order valence-corrected chi connectivity index (χ4v) is 2.58. The van der Waals surface area contributed by atoms with E-state index in [0.29, 0.717) is 19.8 Å². The molecule has 1 rings (SSSR count). The number of ether oxygens (including phenoxy) is 2. The van der Waals surface area contributed by atoms with Gasteiger partial charge in [-0.1, -0.05) is 12.8 Å². The molecule has 138 valence electrons. The molecular formula is C16H35IN4O2. The minimum atomic E-state index is 0. The van der Waals surface area contributed by atoms with Gasteiger partial charge in [0.15, 0.2) is 5.96 Å². The van der Waals surface area contributed by atoms with Crippen LogP contribution in [0.5, 0.6) is 0 Å². The number of rotatable bonds is 10. The zero-order valence-corrected chi connectivity index (χ0v) is 17.1. The van der Waals surface area contributed by atoms with Crippen LogP contribution in [0.4, 0.5) is 0 Å². The molecule has 7 heteroatoms. The molecule has 1 saturated heterocycles. The van der Waals surface area contributed by atoms with Crippen LogP contribution < -0.4 is 10.6 Å². The van der Waals surface area contributed by atoms with Crippen LogP contribution in [0, 0.1) is 0 Å². The van der Waals surface area contributed by atoms with Gasteiger partial charge < -0.3 is 25.0 Å². The fourth-order valence-electron chi connectivity index (χ4n) is 2.58. The summed E-state index contributed by atoms with van der Waals surface area (Å²) in [6.45, 7) is 7.39. The smallest absolute Gasteiger partial charge is 0.191 e. The van der Waals surface area contributed by atoms with Crippen molar-refractivity contribution < 1.29 is 9.47 Å². The summed E-state index contributed by atoms with van der Waals surface area (Å²) in [5.74, 6) is 0.853. The van der Waals surface area contributed by atoms with Gasteiger partial charge in [0.05, 0.1) is 19.8 Å². The molecular weight excluding hydrogens is 407 g/mol. The van der Waals surface area contributed by atoms with E-state index in [-0.39, 0.29) is 24.0 Å². The van der Waals surface area contributed by atoms with Gasteiger partial charge in [-0.2, -0.15) is 0 Å². The molecule has 1 heterocycles. The summed E-state index contributed by atoms with van der Waals surface area (Å²) in [6, 6.07) is 0. The molecule has 0 aromatic carbocycles. The van der Waals surface area contributed by atoms with E-state index in [1.54, 1.807) is 14.2 Å². The highest BCUT2D eigenvalue weighted by Crippen LogP contribution is 2.09. The van der Waals surface area contributed by atoms with E-state index in [1.165, 1.54) is 45.3 Å². The molecule has 0 aromatic heterocycles. The van der Waals surface area contributed by atoms with Crippen molar-refractivity contribution in [2.24, 2.45) is 4.99 Å². The van der Waals surface area contributed by atoms with E-state index >= 15 is 0 Å². The van der Waals surface area contributed by atoms with Gasteiger partial charge in [0.25, 0.3) is 0 Å². The number of nitrogens with one attached hydrogen (secondary N) is 2. The van der Waals surface area contributed by atoms with Crippen LogP contribution in [-0.2, 0) is 9.47 Å². The monoisotopic (exact) mass is 442 g/mol. The number of halogens is 1. The molecule has 1 aliphatic rings. The largest absolute Gasteiger partial charge is 0.382 e. The first-order valence-corrected chi connectivity index (χ1v) is 8.60. The second-order valence-corrected chi connectivity index (χ2v) is 5.64. The number of nitrogens with zero attached hydrogens (tertiary/aromatic N) is 2. The quantitative estimate of drug-likeness (QED) is 0.234. The lowest BCUT2D eigenvalue weighted by molar-refractivity contribution is 0.0733. The molecule has 1 fully saturated rings. The van der Waals surface area contributed by atoms with Gasteiger partial charge >= 0.3 is 0 Å². The average Bonchev–Trinajstić information content (AvgIpc) is 2.81. The number of hydrogen-bond donors (Lipinski definition) is 2. The van der Waals surface area contributed by atoms with Crippen LogP contribution in [0.3, 0.4) is 0 Å². The summed E-state index contributed by atoms with van der Waals surface area (Å²) in [7, 11) is 3.48. The standard InChI is InChI=1S/C16H34N4O2.HI/c1-17-16(19-9-13-22-15-14-21-2)18-8-7-12-20-10-5-3-4-6-11-20;/h3-15H2,1-2H3,(H2,17,18,19);1H. The topological polar surface area (TPSA) is 58.1 Å². The van der Waals surface area contributed by atoms with Crippen molar-refractivity contribution in [1.82, 2.24) is 15.5 Å². The molecule has 23 heavy (non-hydrogen) atoms. The van der Waals surface area contributed by atoms with Crippen molar-refractivity contribution >= 4 is 29.9 Å². The molecule has 0 amide bonds. The Labute approximate surface area is 158 Å². The van der Waals surface area contributed by atoms with Crippen LogP contribution in [0.25, 0.3) is 0 Å². The maximum atomic E-state index is 5.41. The zero-order chi connectivity index (χ0) is 15.9. The number of guanidine groups is 1. The van der Waals surface area contributed by atoms with Gasteiger partial charge in [-0.25, -0.2) is 0 Å². The molecule has 0 radical (unpaired) electrons. The summed E-state index contributed by atoms with van der Waals surface area (Å²) in [4.78, 5) is 6.81. The predicted octanol–water partition coefficient (Wildman–Crippen LogP) is 1.70. The highest BCUT2D eigenvalue weighted by molar-refractivity contribution is 14.0. The van der Waals surface area contributed by atoms with Crippen LogP contribution in [0.15, 0.2) is 4.99 Å². The summed E-state index contributed by atoms with van der Waals surface area (Å²) < 4.78 is 10.3. The lowest BCUT2D eigenvalue weighted by Gasteiger charge is -2.20. The summed E-state index contributed by atoms with van der Waals surface area (Å²) in [6.07, 6.45) is 6.68. The second kappa shape index (κ2) is 16.7. The maximum absolute atomic E-state index is 5.41. The van der Waals surface area contributed by atoms with Crippen molar-refractivity contribution in [3.63, 3.8) is 0 Å². The maximum Gasteiger partial charge on any atom is 0.191 e. The molecule has 0 atom stereocenters. The summed E-state index contributed by atoms with van der Waals surface area (Å²) >= 11 is 0. The Morgan fingerprint density at radius 1 is 1.00 bits per heavy atom. The number of hydrogen-bond acceptors (Lipinski definition) is 4. The van der Waals surface area contributed by atoms with Crippen molar-refractivity contribution in [2.45, 2.75) is 32.1 Å². The van der Waals surface area contributed by atoms with Crippen molar-refractivity contribution in [3.05, 3.63) is 0 Å². The Morgan fingerprint density at radius 3 is 2.35 bits per heavy atom. The van der Waals surface area contributed by atoms with E-state index in [0.717, 1.165) is 25.5 Å². The normalized spacial score (nSPS) is 16.5. The number of aliphatic imine (C=N–C) groups is 1.